The second-order valence-corrected chi connectivity index (χ2v) is 9.39. The Hall–Kier alpha value is -0.650. The Labute approximate surface area is 170 Å². The maximum atomic E-state index is 12.8. The summed E-state index contributed by atoms with van der Waals surface area (Å²) in [6, 6.07) is 0. The minimum absolute atomic E-state index is 0.405. The lowest BCUT2D eigenvalue weighted by molar-refractivity contribution is -0.422. The van der Waals surface area contributed by atoms with Gasteiger partial charge in [0.05, 0.1) is 13.2 Å². The lowest BCUT2D eigenvalue weighted by Crippen LogP contribution is -2.78. The molecule has 2 atom stereocenters. The van der Waals surface area contributed by atoms with Crippen molar-refractivity contribution in [3.63, 3.8) is 0 Å². The fourth-order valence-corrected chi connectivity index (χ4v) is 6.25. The van der Waals surface area contributed by atoms with Crippen LogP contribution in [-0.4, -0.2) is 42.3 Å². The van der Waals surface area contributed by atoms with E-state index in [4.69, 9.17) is 14.2 Å². The van der Waals surface area contributed by atoms with Crippen LogP contribution in [-0.2, 0) is 19.0 Å². The molecular weight excluding hydrogens is 356 g/mol. The molecule has 0 amide bonds. The van der Waals surface area contributed by atoms with Crippen LogP contribution >= 0.6 is 0 Å². The molecule has 4 bridgehead atoms. The normalized spacial score (nSPS) is 35.4. The second kappa shape index (κ2) is 9.01. The lowest BCUT2D eigenvalue weighted by atomic mass is 9.44. The van der Waals surface area contributed by atoms with Gasteiger partial charge in [0.25, 0.3) is 0 Å². The van der Waals surface area contributed by atoms with Crippen LogP contribution in [0.3, 0.4) is 0 Å². The standard InChI is InChI=1S/C23H40O5/c1-4-7-10-26-22-16-18-13-19(17-22)15-21(14-18,20(24)25)23(22,27-11-8-5-2)28-12-9-6-3/h18-19H,4-17H2,1-3H3,(H,24,25). The molecule has 0 aromatic rings. The Morgan fingerprint density at radius 3 is 1.71 bits per heavy atom. The summed E-state index contributed by atoms with van der Waals surface area (Å²) >= 11 is 0. The Morgan fingerprint density at radius 1 is 0.821 bits per heavy atom. The fourth-order valence-electron chi connectivity index (χ4n) is 6.25. The molecule has 4 aliphatic rings. The summed E-state index contributed by atoms with van der Waals surface area (Å²) in [6.07, 6.45) is 10.1. The topological polar surface area (TPSA) is 65.0 Å². The van der Waals surface area contributed by atoms with Crippen molar-refractivity contribution in [2.75, 3.05) is 19.8 Å². The van der Waals surface area contributed by atoms with Crippen molar-refractivity contribution < 1.29 is 24.1 Å². The predicted octanol–water partition coefficient (Wildman–Crippen LogP) is 5.17. The van der Waals surface area contributed by atoms with Crippen molar-refractivity contribution in [1.82, 2.24) is 0 Å². The van der Waals surface area contributed by atoms with E-state index in [0.29, 0.717) is 44.5 Å². The Balaban J connectivity index is 2.02. The summed E-state index contributed by atoms with van der Waals surface area (Å²) in [6.45, 7) is 8.14. The number of carboxylic acids is 1. The van der Waals surface area contributed by atoms with Gasteiger partial charge in [-0.2, -0.15) is 0 Å². The van der Waals surface area contributed by atoms with E-state index in [1.165, 1.54) is 0 Å². The van der Waals surface area contributed by atoms with Crippen LogP contribution in [0.25, 0.3) is 0 Å². The van der Waals surface area contributed by atoms with E-state index < -0.39 is 22.8 Å². The van der Waals surface area contributed by atoms with Gasteiger partial charge in [-0.05, 0) is 63.2 Å². The van der Waals surface area contributed by atoms with Gasteiger partial charge in [-0.25, -0.2) is 0 Å². The first-order valence-corrected chi connectivity index (χ1v) is 11.6. The SMILES string of the molecule is CCCCOC12CC3CC(C1)CC(C(=O)O)(C3)C2(OCCCC)OCCCC. The zero-order valence-corrected chi connectivity index (χ0v) is 18.1. The van der Waals surface area contributed by atoms with Crippen LogP contribution in [0.4, 0.5) is 0 Å². The van der Waals surface area contributed by atoms with Crippen molar-refractivity contribution >= 4 is 5.97 Å². The predicted molar refractivity (Wildman–Crippen MR) is 108 cm³/mol. The number of hydrogen-bond donors (Lipinski definition) is 1. The fraction of sp³-hybridized carbons (Fsp3) is 0.957. The summed E-state index contributed by atoms with van der Waals surface area (Å²) < 4.78 is 19.8. The highest BCUT2D eigenvalue weighted by Crippen LogP contribution is 2.69. The van der Waals surface area contributed by atoms with Gasteiger partial charge in [0, 0.05) is 6.61 Å². The molecule has 0 saturated heterocycles. The third kappa shape index (κ3) is 3.52. The monoisotopic (exact) mass is 396 g/mol. The molecule has 0 aliphatic heterocycles. The van der Waals surface area contributed by atoms with E-state index in [1.54, 1.807) is 0 Å². The molecule has 4 rings (SSSR count). The van der Waals surface area contributed by atoms with Crippen molar-refractivity contribution in [3.05, 3.63) is 0 Å². The zero-order valence-electron chi connectivity index (χ0n) is 18.1. The molecule has 162 valence electrons. The molecular formula is C23H40O5. The molecule has 4 saturated carbocycles. The van der Waals surface area contributed by atoms with Crippen LogP contribution in [0, 0.1) is 17.3 Å². The molecule has 1 N–H and O–H groups in total. The summed E-state index contributed by atoms with van der Waals surface area (Å²) in [5.41, 5.74) is -1.60. The highest BCUT2D eigenvalue weighted by atomic mass is 16.7. The average molecular weight is 397 g/mol. The van der Waals surface area contributed by atoms with Gasteiger partial charge in [0.2, 0.25) is 5.79 Å². The van der Waals surface area contributed by atoms with Crippen LogP contribution < -0.4 is 0 Å². The van der Waals surface area contributed by atoms with Gasteiger partial charge in [-0.15, -0.1) is 0 Å². The summed E-state index contributed by atoms with van der Waals surface area (Å²) in [5, 5.41) is 10.5. The highest BCUT2D eigenvalue weighted by molar-refractivity contribution is 5.77. The quantitative estimate of drug-likeness (QED) is 0.344. The first-order chi connectivity index (χ1) is 13.5. The Morgan fingerprint density at radius 2 is 1.29 bits per heavy atom. The van der Waals surface area contributed by atoms with E-state index in [-0.39, 0.29) is 0 Å². The number of rotatable bonds is 13. The maximum absolute atomic E-state index is 12.8. The smallest absolute Gasteiger partial charge is 0.315 e. The molecule has 2 unspecified atom stereocenters. The van der Waals surface area contributed by atoms with Gasteiger partial charge >= 0.3 is 5.97 Å². The number of unbranched alkanes of at least 4 members (excludes halogenated alkanes) is 3. The molecule has 28 heavy (non-hydrogen) atoms. The first-order valence-electron chi connectivity index (χ1n) is 11.6. The number of ether oxygens (including phenoxy) is 3. The van der Waals surface area contributed by atoms with Gasteiger partial charge in [0.1, 0.15) is 11.0 Å². The molecule has 0 aromatic carbocycles. The van der Waals surface area contributed by atoms with Crippen molar-refractivity contribution in [2.24, 2.45) is 17.3 Å². The van der Waals surface area contributed by atoms with Crippen molar-refractivity contribution in [1.29, 1.82) is 0 Å². The van der Waals surface area contributed by atoms with Gasteiger partial charge < -0.3 is 19.3 Å². The Bertz CT molecular complexity index is 507. The molecule has 4 fully saturated rings. The first kappa shape index (κ1) is 22.0. The molecule has 0 spiro atoms. The minimum Gasteiger partial charge on any atom is -0.481 e. The molecule has 0 aromatic heterocycles. The van der Waals surface area contributed by atoms with Crippen molar-refractivity contribution in [3.8, 4) is 0 Å². The van der Waals surface area contributed by atoms with Crippen LogP contribution in [0.2, 0.25) is 0 Å². The van der Waals surface area contributed by atoms with E-state index in [9.17, 15) is 9.90 Å². The second-order valence-electron chi connectivity index (χ2n) is 9.39. The van der Waals surface area contributed by atoms with Gasteiger partial charge in [-0.1, -0.05) is 40.0 Å². The average Bonchev–Trinajstić information content (AvgIpc) is 2.65. The van der Waals surface area contributed by atoms with Crippen LogP contribution in [0.1, 0.15) is 91.4 Å². The molecule has 5 heteroatoms. The van der Waals surface area contributed by atoms with E-state index in [2.05, 4.69) is 20.8 Å². The minimum atomic E-state index is -1.16. The summed E-state index contributed by atoms with van der Waals surface area (Å²) in [5.74, 6) is -1.10. The van der Waals surface area contributed by atoms with Gasteiger partial charge in [0.15, 0.2) is 0 Å². The molecule has 4 aliphatic carbocycles. The third-order valence-corrected chi connectivity index (χ3v) is 7.30. The Kier molecular flexibility index (Phi) is 7.09. The number of carboxylic acid groups (broad SMARTS) is 1. The molecule has 0 radical (unpaired) electrons. The van der Waals surface area contributed by atoms with E-state index in [0.717, 1.165) is 57.8 Å². The zero-order chi connectivity index (χ0) is 20.3. The number of hydrogen-bond acceptors (Lipinski definition) is 4. The van der Waals surface area contributed by atoms with Crippen LogP contribution in [0.5, 0.6) is 0 Å². The third-order valence-electron chi connectivity index (χ3n) is 7.30. The number of carbonyl (C=O) groups is 1. The van der Waals surface area contributed by atoms with Crippen LogP contribution in [0.15, 0.2) is 0 Å². The van der Waals surface area contributed by atoms with Gasteiger partial charge in [-0.3, -0.25) is 4.79 Å². The lowest BCUT2D eigenvalue weighted by Gasteiger charge is -2.68. The van der Waals surface area contributed by atoms with E-state index in [1.807, 2.05) is 0 Å². The largest absolute Gasteiger partial charge is 0.481 e. The molecule has 0 heterocycles. The number of aliphatic carboxylic acids is 1. The maximum Gasteiger partial charge on any atom is 0.315 e. The summed E-state index contributed by atoms with van der Waals surface area (Å²) in [4.78, 5) is 12.8. The summed E-state index contributed by atoms with van der Waals surface area (Å²) in [7, 11) is 0. The highest BCUT2D eigenvalue weighted by Gasteiger charge is 2.78. The molecule has 5 nitrogen and oxygen atoms in total. The van der Waals surface area contributed by atoms with E-state index >= 15 is 0 Å². The van der Waals surface area contributed by atoms with Crippen molar-refractivity contribution in [2.45, 2.75) is 103 Å².